The second kappa shape index (κ2) is 7.93. The average Bonchev–Trinajstić information content (AvgIpc) is 3.02. The summed E-state index contributed by atoms with van der Waals surface area (Å²) < 4.78 is 28.8. The molecule has 0 aliphatic rings. The molecule has 3 rings (SSSR count). The number of thiazole rings is 1. The number of alkyl halides is 2. The topological polar surface area (TPSA) is 75.0 Å². The Morgan fingerprint density at radius 3 is 2.44 bits per heavy atom. The van der Waals surface area contributed by atoms with Gasteiger partial charge in [-0.1, -0.05) is 0 Å². The maximum absolute atomic E-state index is 12.3. The van der Waals surface area contributed by atoms with Crippen LogP contribution in [0.3, 0.4) is 0 Å². The van der Waals surface area contributed by atoms with Gasteiger partial charge in [0.2, 0.25) is 0 Å². The maximum atomic E-state index is 12.3. The van der Waals surface area contributed by atoms with Gasteiger partial charge in [-0.25, -0.2) is 4.98 Å². The summed E-state index contributed by atoms with van der Waals surface area (Å²) in [6, 6.07) is 14.4. The number of amides is 1. The molecule has 5 nitrogen and oxygen atoms in total. The van der Waals surface area contributed by atoms with Crippen molar-refractivity contribution in [2.75, 3.05) is 5.32 Å². The smallest absolute Gasteiger partial charge is 0.387 e. The van der Waals surface area contributed by atoms with Crippen molar-refractivity contribution in [1.29, 1.82) is 5.26 Å². The van der Waals surface area contributed by atoms with Crippen molar-refractivity contribution >= 4 is 22.4 Å². The molecule has 3 aromatic rings. The first-order chi connectivity index (χ1) is 13.0. The molecule has 0 fully saturated rings. The van der Waals surface area contributed by atoms with Crippen LogP contribution >= 0.6 is 11.3 Å². The third kappa shape index (κ3) is 4.46. The predicted molar refractivity (Wildman–Crippen MR) is 98.0 cm³/mol. The minimum absolute atomic E-state index is 0.0657. The van der Waals surface area contributed by atoms with Crippen molar-refractivity contribution in [2.45, 2.75) is 13.5 Å². The van der Waals surface area contributed by atoms with E-state index in [1.807, 2.05) is 13.0 Å². The Kier molecular flexibility index (Phi) is 5.43. The van der Waals surface area contributed by atoms with Gasteiger partial charge in [0.15, 0.2) is 5.13 Å². The van der Waals surface area contributed by atoms with E-state index < -0.39 is 6.61 Å². The van der Waals surface area contributed by atoms with E-state index in [2.05, 4.69) is 15.0 Å². The van der Waals surface area contributed by atoms with Crippen LogP contribution in [0.5, 0.6) is 5.75 Å². The number of nitrogens with one attached hydrogen (secondary N) is 1. The number of nitriles is 1. The van der Waals surface area contributed by atoms with E-state index in [4.69, 9.17) is 5.26 Å². The lowest BCUT2D eigenvalue weighted by molar-refractivity contribution is -0.0498. The number of halogens is 2. The summed E-state index contributed by atoms with van der Waals surface area (Å²) in [6.07, 6.45) is 0. The van der Waals surface area contributed by atoms with Gasteiger partial charge in [0.1, 0.15) is 5.75 Å². The first kappa shape index (κ1) is 18.5. The number of aryl methyl sites for hydroxylation is 1. The zero-order valence-electron chi connectivity index (χ0n) is 14.1. The third-order valence-corrected chi connectivity index (χ3v) is 4.53. The van der Waals surface area contributed by atoms with Crippen LogP contribution in [-0.4, -0.2) is 17.5 Å². The lowest BCUT2D eigenvalue weighted by Crippen LogP contribution is -2.11. The summed E-state index contributed by atoms with van der Waals surface area (Å²) in [5.74, 6) is -0.267. The molecule has 1 N–H and O–H groups in total. The first-order valence-electron chi connectivity index (χ1n) is 7.80. The molecular weight excluding hydrogens is 372 g/mol. The Balaban J connectivity index is 1.75. The van der Waals surface area contributed by atoms with Gasteiger partial charge < -0.3 is 4.74 Å². The highest BCUT2D eigenvalue weighted by Crippen LogP contribution is 2.31. The Morgan fingerprint density at radius 1 is 1.19 bits per heavy atom. The fourth-order valence-electron chi connectivity index (χ4n) is 2.38. The highest BCUT2D eigenvalue weighted by molar-refractivity contribution is 7.16. The zero-order chi connectivity index (χ0) is 19.4. The summed E-state index contributed by atoms with van der Waals surface area (Å²) in [7, 11) is 0. The van der Waals surface area contributed by atoms with Gasteiger partial charge in [-0.05, 0) is 55.5 Å². The first-order valence-corrected chi connectivity index (χ1v) is 8.62. The SMILES string of the molecule is Cc1sc(NC(=O)c2ccc(C#N)cc2)nc1-c1ccc(OC(F)F)cc1. The molecule has 0 bridgehead atoms. The third-order valence-electron chi connectivity index (χ3n) is 3.65. The monoisotopic (exact) mass is 385 g/mol. The molecule has 0 saturated heterocycles. The van der Waals surface area contributed by atoms with Gasteiger partial charge in [0.25, 0.3) is 5.91 Å². The summed E-state index contributed by atoms with van der Waals surface area (Å²) >= 11 is 1.31. The number of aromatic nitrogens is 1. The number of carbonyl (C=O) groups excluding carboxylic acids is 1. The number of carbonyl (C=O) groups is 1. The zero-order valence-corrected chi connectivity index (χ0v) is 14.9. The van der Waals surface area contributed by atoms with Crippen molar-refractivity contribution in [3.8, 4) is 23.1 Å². The molecule has 0 atom stereocenters. The van der Waals surface area contributed by atoms with Crippen molar-refractivity contribution in [3.05, 3.63) is 64.5 Å². The van der Waals surface area contributed by atoms with Gasteiger partial charge in [-0.3, -0.25) is 10.1 Å². The van der Waals surface area contributed by atoms with Crippen molar-refractivity contribution in [2.24, 2.45) is 0 Å². The Morgan fingerprint density at radius 2 is 1.85 bits per heavy atom. The predicted octanol–water partition coefficient (Wildman–Crippen LogP) is 4.84. The van der Waals surface area contributed by atoms with E-state index in [1.165, 1.54) is 23.5 Å². The van der Waals surface area contributed by atoms with Gasteiger partial charge in [-0.2, -0.15) is 14.0 Å². The van der Waals surface area contributed by atoms with Crippen molar-refractivity contribution in [3.63, 3.8) is 0 Å². The number of ether oxygens (including phenoxy) is 1. The molecule has 8 heteroatoms. The molecule has 2 aromatic carbocycles. The van der Waals surface area contributed by atoms with E-state index in [9.17, 15) is 13.6 Å². The molecule has 0 aliphatic heterocycles. The second-order valence-corrected chi connectivity index (χ2v) is 6.67. The fraction of sp³-hybridized carbons (Fsp3) is 0.105. The van der Waals surface area contributed by atoms with Gasteiger partial charge in [0.05, 0.1) is 17.3 Å². The van der Waals surface area contributed by atoms with Crippen LogP contribution in [0, 0.1) is 18.3 Å². The molecule has 1 aromatic heterocycles. The molecule has 0 saturated carbocycles. The highest BCUT2D eigenvalue weighted by atomic mass is 32.1. The Hall–Kier alpha value is -3.31. The van der Waals surface area contributed by atoms with E-state index in [0.717, 1.165) is 10.4 Å². The minimum Gasteiger partial charge on any atom is -0.435 e. The molecule has 0 spiro atoms. The number of nitrogens with zero attached hydrogens (tertiary/aromatic N) is 2. The summed E-state index contributed by atoms with van der Waals surface area (Å²) in [5.41, 5.74) is 2.26. The molecule has 0 aliphatic carbocycles. The maximum Gasteiger partial charge on any atom is 0.387 e. The Bertz CT molecular complexity index is 993. The van der Waals surface area contributed by atoms with Crippen LogP contribution in [0.4, 0.5) is 13.9 Å². The molecule has 27 heavy (non-hydrogen) atoms. The van der Waals surface area contributed by atoms with Crippen molar-refractivity contribution < 1.29 is 18.3 Å². The van der Waals surface area contributed by atoms with Crippen LogP contribution in [0.1, 0.15) is 20.8 Å². The van der Waals surface area contributed by atoms with E-state index in [1.54, 1.807) is 36.4 Å². The molecular formula is C19H13F2N3O2S. The summed E-state index contributed by atoms with van der Waals surface area (Å²) in [4.78, 5) is 17.6. The lowest BCUT2D eigenvalue weighted by Gasteiger charge is -2.05. The number of hydrogen-bond donors (Lipinski definition) is 1. The van der Waals surface area contributed by atoms with Crippen molar-refractivity contribution in [1.82, 2.24) is 4.98 Å². The summed E-state index contributed by atoms with van der Waals surface area (Å²) in [6.45, 7) is -1.02. The fourth-order valence-corrected chi connectivity index (χ4v) is 3.21. The highest BCUT2D eigenvalue weighted by Gasteiger charge is 2.14. The lowest BCUT2D eigenvalue weighted by atomic mass is 10.1. The number of benzene rings is 2. The molecule has 136 valence electrons. The quantitative estimate of drug-likeness (QED) is 0.682. The van der Waals surface area contributed by atoms with E-state index >= 15 is 0 Å². The molecule has 0 unspecified atom stereocenters. The molecule has 1 heterocycles. The second-order valence-electron chi connectivity index (χ2n) is 5.47. The number of anilines is 1. The largest absolute Gasteiger partial charge is 0.435 e. The number of hydrogen-bond acceptors (Lipinski definition) is 5. The van der Waals surface area contributed by atoms with Crippen LogP contribution < -0.4 is 10.1 Å². The number of rotatable bonds is 5. The van der Waals surface area contributed by atoms with Crippen LogP contribution in [-0.2, 0) is 0 Å². The molecule has 1 amide bonds. The Labute approximate surface area is 157 Å². The summed E-state index contributed by atoms with van der Waals surface area (Å²) in [5, 5.41) is 11.9. The van der Waals surface area contributed by atoms with Gasteiger partial charge >= 0.3 is 6.61 Å². The molecule has 0 radical (unpaired) electrons. The standard InChI is InChI=1S/C19H13F2N3O2S/c1-11-16(13-6-8-15(9-7-13)26-18(20)21)23-19(27-11)24-17(25)14-4-2-12(10-22)3-5-14/h2-9,18H,1H3,(H,23,24,25). The van der Waals surface area contributed by atoms with E-state index in [-0.39, 0.29) is 11.7 Å². The van der Waals surface area contributed by atoms with Crippen LogP contribution in [0.2, 0.25) is 0 Å². The minimum atomic E-state index is -2.87. The normalized spacial score (nSPS) is 10.5. The van der Waals surface area contributed by atoms with Crippen LogP contribution in [0.25, 0.3) is 11.3 Å². The average molecular weight is 385 g/mol. The van der Waals surface area contributed by atoms with E-state index in [0.29, 0.717) is 22.0 Å². The van der Waals surface area contributed by atoms with Gasteiger partial charge in [0, 0.05) is 16.0 Å². The van der Waals surface area contributed by atoms with Gasteiger partial charge in [-0.15, -0.1) is 11.3 Å². The van der Waals surface area contributed by atoms with Crippen LogP contribution in [0.15, 0.2) is 48.5 Å².